The first-order valence-corrected chi connectivity index (χ1v) is 8.54. The summed E-state index contributed by atoms with van der Waals surface area (Å²) in [6, 6.07) is 1.73. The standard InChI is InChI=1S/C15H14N4O4S/c20-10(7-19-11(21)3-4-12(19)22)16-9-5-6-24-13(9)15-17-14(18-23-15)8-1-2-8/h5-6,8H,1-4,7H2,(H,16,20). The number of hydrogen-bond donors (Lipinski definition) is 1. The Morgan fingerprint density at radius 2 is 2.08 bits per heavy atom. The third kappa shape index (κ3) is 2.82. The lowest BCUT2D eigenvalue weighted by molar-refractivity contribution is -0.141. The molecule has 8 nitrogen and oxygen atoms in total. The van der Waals surface area contributed by atoms with Crippen LogP contribution in [0.4, 0.5) is 5.69 Å². The summed E-state index contributed by atoms with van der Waals surface area (Å²) in [7, 11) is 0. The SMILES string of the molecule is O=C(CN1C(=O)CCC1=O)Nc1ccsc1-c1nc(C2CC2)no1. The molecule has 0 atom stereocenters. The van der Waals surface area contributed by atoms with E-state index in [0.29, 0.717) is 28.2 Å². The quantitative estimate of drug-likeness (QED) is 0.827. The molecular weight excluding hydrogens is 332 g/mol. The first kappa shape index (κ1) is 15.0. The fraction of sp³-hybridized carbons (Fsp3) is 0.400. The molecule has 0 radical (unpaired) electrons. The average molecular weight is 346 g/mol. The number of anilines is 1. The molecule has 0 unspecified atom stereocenters. The van der Waals surface area contributed by atoms with Crippen LogP contribution in [0, 0.1) is 0 Å². The second-order valence-corrected chi connectivity index (χ2v) is 6.73. The van der Waals surface area contributed by atoms with Crippen molar-refractivity contribution in [1.29, 1.82) is 0 Å². The Bertz CT molecular complexity index is 807. The minimum atomic E-state index is -0.430. The van der Waals surface area contributed by atoms with E-state index in [-0.39, 0.29) is 31.2 Å². The average Bonchev–Trinajstić information content (AvgIpc) is 2.98. The van der Waals surface area contributed by atoms with Gasteiger partial charge in [-0.05, 0) is 24.3 Å². The molecule has 1 saturated heterocycles. The van der Waals surface area contributed by atoms with Gasteiger partial charge < -0.3 is 9.84 Å². The van der Waals surface area contributed by atoms with Crippen LogP contribution in [0.1, 0.15) is 37.4 Å². The third-order valence-corrected chi connectivity index (χ3v) is 4.88. The van der Waals surface area contributed by atoms with Crippen LogP contribution in [-0.4, -0.2) is 39.3 Å². The Kier molecular flexibility index (Phi) is 3.64. The van der Waals surface area contributed by atoms with Gasteiger partial charge in [-0.2, -0.15) is 4.98 Å². The van der Waals surface area contributed by atoms with Crippen molar-refractivity contribution in [1.82, 2.24) is 15.0 Å². The molecule has 2 fully saturated rings. The van der Waals surface area contributed by atoms with E-state index in [1.807, 2.05) is 0 Å². The summed E-state index contributed by atoms with van der Waals surface area (Å²) in [4.78, 5) is 41.3. The van der Waals surface area contributed by atoms with Gasteiger partial charge in [-0.15, -0.1) is 11.3 Å². The van der Waals surface area contributed by atoms with E-state index in [2.05, 4.69) is 15.5 Å². The molecule has 1 aliphatic heterocycles. The van der Waals surface area contributed by atoms with Gasteiger partial charge in [-0.25, -0.2) is 0 Å². The maximum Gasteiger partial charge on any atom is 0.270 e. The van der Waals surface area contributed by atoms with Gasteiger partial charge in [-0.1, -0.05) is 5.16 Å². The number of carbonyl (C=O) groups excluding carboxylic acids is 3. The van der Waals surface area contributed by atoms with Gasteiger partial charge in [-0.3, -0.25) is 19.3 Å². The number of amides is 3. The summed E-state index contributed by atoms with van der Waals surface area (Å²) in [6.07, 6.45) is 2.49. The predicted molar refractivity (Wildman–Crippen MR) is 84.2 cm³/mol. The van der Waals surface area contributed by atoms with E-state index in [1.54, 1.807) is 11.4 Å². The molecule has 4 rings (SSSR count). The van der Waals surface area contributed by atoms with Crippen LogP contribution in [0.15, 0.2) is 16.0 Å². The van der Waals surface area contributed by atoms with Gasteiger partial charge in [0.1, 0.15) is 11.4 Å². The zero-order chi connectivity index (χ0) is 16.7. The zero-order valence-corrected chi connectivity index (χ0v) is 13.5. The summed E-state index contributed by atoms with van der Waals surface area (Å²) in [5, 5.41) is 8.48. The van der Waals surface area contributed by atoms with Crippen molar-refractivity contribution in [2.75, 3.05) is 11.9 Å². The molecule has 0 bridgehead atoms. The van der Waals surface area contributed by atoms with Crippen molar-refractivity contribution < 1.29 is 18.9 Å². The Hall–Kier alpha value is -2.55. The first-order valence-electron chi connectivity index (χ1n) is 7.66. The predicted octanol–water partition coefficient (Wildman–Crippen LogP) is 1.76. The largest absolute Gasteiger partial charge is 0.333 e. The van der Waals surface area contributed by atoms with Crippen molar-refractivity contribution in [2.24, 2.45) is 0 Å². The van der Waals surface area contributed by atoms with Crippen molar-refractivity contribution in [3.05, 3.63) is 17.3 Å². The van der Waals surface area contributed by atoms with Crippen LogP contribution in [0.25, 0.3) is 10.8 Å². The van der Waals surface area contributed by atoms with Gasteiger partial charge in [0.15, 0.2) is 5.82 Å². The van der Waals surface area contributed by atoms with Gasteiger partial charge in [0.2, 0.25) is 17.7 Å². The summed E-state index contributed by atoms with van der Waals surface area (Å²) < 4.78 is 5.28. The molecule has 2 aromatic rings. The molecule has 2 aromatic heterocycles. The van der Waals surface area contributed by atoms with E-state index in [9.17, 15) is 14.4 Å². The molecule has 3 heterocycles. The van der Waals surface area contributed by atoms with E-state index >= 15 is 0 Å². The van der Waals surface area contributed by atoms with E-state index < -0.39 is 5.91 Å². The number of rotatable bonds is 5. The molecule has 0 spiro atoms. The normalized spacial score (nSPS) is 17.6. The summed E-state index contributed by atoms with van der Waals surface area (Å²) in [6.45, 7) is -0.274. The minimum absolute atomic E-state index is 0.168. The summed E-state index contributed by atoms with van der Waals surface area (Å²) >= 11 is 1.38. The van der Waals surface area contributed by atoms with E-state index in [0.717, 1.165) is 17.7 Å². The third-order valence-electron chi connectivity index (χ3n) is 3.97. The Morgan fingerprint density at radius 3 is 2.79 bits per heavy atom. The molecule has 124 valence electrons. The van der Waals surface area contributed by atoms with E-state index in [4.69, 9.17) is 4.52 Å². The number of thiophene rings is 1. The number of nitrogens with zero attached hydrogens (tertiary/aromatic N) is 3. The van der Waals surface area contributed by atoms with Crippen molar-refractivity contribution in [3.8, 4) is 10.8 Å². The topological polar surface area (TPSA) is 105 Å². The molecule has 9 heteroatoms. The highest BCUT2D eigenvalue weighted by Crippen LogP contribution is 2.40. The van der Waals surface area contributed by atoms with Crippen LogP contribution in [0.3, 0.4) is 0 Å². The van der Waals surface area contributed by atoms with Gasteiger partial charge >= 0.3 is 0 Å². The molecular formula is C15H14N4O4S. The smallest absolute Gasteiger partial charge is 0.270 e. The lowest BCUT2D eigenvalue weighted by atomic mass is 10.3. The van der Waals surface area contributed by atoms with Crippen molar-refractivity contribution >= 4 is 34.7 Å². The van der Waals surface area contributed by atoms with Gasteiger partial charge in [0.05, 0.1) is 5.69 Å². The van der Waals surface area contributed by atoms with Gasteiger partial charge in [0.25, 0.3) is 5.89 Å². The van der Waals surface area contributed by atoms with Gasteiger partial charge in [0, 0.05) is 18.8 Å². The number of nitrogens with one attached hydrogen (secondary N) is 1. The Labute approximate surface area is 140 Å². The minimum Gasteiger partial charge on any atom is -0.333 e. The van der Waals surface area contributed by atoms with Crippen LogP contribution in [0.5, 0.6) is 0 Å². The molecule has 24 heavy (non-hydrogen) atoms. The highest BCUT2D eigenvalue weighted by Gasteiger charge is 2.31. The highest BCUT2D eigenvalue weighted by atomic mass is 32.1. The molecule has 2 aliphatic rings. The van der Waals surface area contributed by atoms with Crippen LogP contribution in [-0.2, 0) is 14.4 Å². The highest BCUT2D eigenvalue weighted by molar-refractivity contribution is 7.14. The zero-order valence-electron chi connectivity index (χ0n) is 12.7. The molecule has 1 N–H and O–H groups in total. The molecule has 1 saturated carbocycles. The second-order valence-electron chi connectivity index (χ2n) is 5.82. The number of carbonyl (C=O) groups is 3. The van der Waals surface area contributed by atoms with E-state index in [1.165, 1.54) is 11.3 Å². The molecule has 0 aromatic carbocycles. The number of aromatic nitrogens is 2. The number of imide groups is 1. The second kappa shape index (κ2) is 5.82. The van der Waals surface area contributed by atoms with Crippen LogP contribution in [0.2, 0.25) is 0 Å². The Morgan fingerprint density at radius 1 is 1.33 bits per heavy atom. The Balaban J connectivity index is 1.47. The maximum atomic E-state index is 12.1. The van der Waals surface area contributed by atoms with Crippen LogP contribution < -0.4 is 5.32 Å². The number of hydrogen-bond acceptors (Lipinski definition) is 7. The molecule has 1 aliphatic carbocycles. The first-order chi connectivity index (χ1) is 11.6. The van der Waals surface area contributed by atoms with Crippen molar-refractivity contribution in [2.45, 2.75) is 31.6 Å². The van der Waals surface area contributed by atoms with Crippen molar-refractivity contribution in [3.63, 3.8) is 0 Å². The lowest BCUT2D eigenvalue weighted by Crippen LogP contribution is -2.36. The fourth-order valence-corrected chi connectivity index (χ4v) is 3.31. The monoisotopic (exact) mass is 346 g/mol. The number of likely N-dealkylation sites (tertiary alicyclic amines) is 1. The van der Waals surface area contributed by atoms with Crippen LogP contribution >= 0.6 is 11.3 Å². The fourth-order valence-electron chi connectivity index (χ4n) is 2.54. The lowest BCUT2D eigenvalue weighted by Gasteiger charge is -2.13. The molecule has 3 amide bonds. The summed E-state index contributed by atoms with van der Waals surface area (Å²) in [5.74, 6) is 0.394. The maximum absolute atomic E-state index is 12.1. The summed E-state index contributed by atoms with van der Waals surface area (Å²) in [5.41, 5.74) is 0.537.